The van der Waals surface area contributed by atoms with Crippen molar-refractivity contribution in [3.63, 3.8) is 0 Å². The van der Waals surface area contributed by atoms with Crippen molar-refractivity contribution >= 4 is 21.6 Å². The zero-order valence-corrected chi connectivity index (χ0v) is 15.6. The van der Waals surface area contributed by atoms with Gasteiger partial charge in [0.05, 0.1) is 4.75 Å². The maximum absolute atomic E-state index is 12.1. The summed E-state index contributed by atoms with van der Waals surface area (Å²) in [6.45, 7) is 5.01. The SMILES string of the molecule is CC(C)(C)S(=O)(=O)NCCCCC(=O)Nc1ccc(OC(F)(F)F)cc1. The van der Waals surface area contributed by atoms with E-state index in [9.17, 15) is 26.4 Å². The van der Waals surface area contributed by atoms with Gasteiger partial charge >= 0.3 is 6.36 Å². The molecule has 0 radical (unpaired) electrons. The van der Waals surface area contributed by atoms with Crippen molar-refractivity contribution < 1.29 is 31.1 Å². The van der Waals surface area contributed by atoms with E-state index < -0.39 is 21.1 Å². The molecule has 0 aromatic heterocycles. The zero-order valence-electron chi connectivity index (χ0n) is 14.8. The molecule has 10 heteroatoms. The number of carbonyl (C=O) groups excluding carboxylic acids is 1. The first-order chi connectivity index (χ1) is 11.8. The molecule has 1 aromatic rings. The zero-order chi connectivity index (χ0) is 20.0. The van der Waals surface area contributed by atoms with Crippen LogP contribution < -0.4 is 14.8 Å². The normalized spacial score (nSPS) is 12.7. The van der Waals surface area contributed by atoms with Gasteiger partial charge in [-0.25, -0.2) is 13.1 Å². The molecule has 1 aromatic carbocycles. The summed E-state index contributed by atoms with van der Waals surface area (Å²) in [5.74, 6) is -0.685. The highest BCUT2D eigenvalue weighted by Gasteiger charge is 2.31. The van der Waals surface area contributed by atoms with E-state index in [1.54, 1.807) is 20.8 Å². The molecule has 0 heterocycles. The van der Waals surface area contributed by atoms with Crippen molar-refractivity contribution in [2.45, 2.75) is 51.1 Å². The van der Waals surface area contributed by atoms with Crippen LogP contribution in [0.4, 0.5) is 18.9 Å². The van der Waals surface area contributed by atoms with Crippen molar-refractivity contribution in [3.8, 4) is 5.75 Å². The first kappa shape index (κ1) is 22.2. The summed E-state index contributed by atoms with van der Waals surface area (Å²) >= 11 is 0. The first-order valence-electron chi connectivity index (χ1n) is 7.95. The van der Waals surface area contributed by atoms with E-state index in [1.807, 2.05) is 0 Å². The Bertz CT molecular complexity index is 696. The van der Waals surface area contributed by atoms with Crippen LogP contribution in [0.15, 0.2) is 24.3 Å². The van der Waals surface area contributed by atoms with Gasteiger partial charge in [-0.3, -0.25) is 4.79 Å². The fraction of sp³-hybridized carbons (Fsp3) is 0.562. The maximum Gasteiger partial charge on any atom is 0.573 e. The fourth-order valence-electron chi connectivity index (χ4n) is 1.80. The van der Waals surface area contributed by atoms with Gasteiger partial charge in [0.2, 0.25) is 15.9 Å². The molecule has 1 rings (SSSR count). The third-order valence-electron chi connectivity index (χ3n) is 3.30. The summed E-state index contributed by atoms with van der Waals surface area (Å²) in [5.41, 5.74) is 0.345. The summed E-state index contributed by atoms with van der Waals surface area (Å²) in [6.07, 6.45) is -3.65. The molecule has 2 N–H and O–H groups in total. The summed E-state index contributed by atoms with van der Waals surface area (Å²) < 4.78 is 65.2. The van der Waals surface area contributed by atoms with Gasteiger partial charge in [-0.05, 0) is 57.9 Å². The van der Waals surface area contributed by atoms with Crippen LogP contribution in [0.5, 0.6) is 5.75 Å². The van der Waals surface area contributed by atoms with Gasteiger partial charge in [0.1, 0.15) is 5.75 Å². The number of nitrogens with one attached hydrogen (secondary N) is 2. The van der Waals surface area contributed by atoms with E-state index in [4.69, 9.17) is 0 Å². The fourth-order valence-corrected chi connectivity index (χ4v) is 2.64. The lowest BCUT2D eigenvalue weighted by atomic mass is 10.2. The molecule has 26 heavy (non-hydrogen) atoms. The van der Waals surface area contributed by atoms with Crippen LogP contribution in [-0.2, 0) is 14.8 Å². The molecule has 148 valence electrons. The maximum atomic E-state index is 12.1. The monoisotopic (exact) mass is 396 g/mol. The molecule has 0 saturated heterocycles. The Hall–Kier alpha value is -1.81. The molecular weight excluding hydrogens is 373 g/mol. The van der Waals surface area contributed by atoms with Crippen molar-refractivity contribution in [2.75, 3.05) is 11.9 Å². The van der Waals surface area contributed by atoms with Gasteiger partial charge in [-0.1, -0.05) is 0 Å². The second-order valence-corrected chi connectivity index (χ2v) is 9.11. The van der Waals surface area contributed by atoms with Crippen LogP contribution in [0.1, 0.15) is 40.0 Å². The van der Waals surface area contributed by atoms with E-state index in [0.717, 1.165) is 12.1 Å². The number of hydrogen-bond donors (Lipinski definition) is 2. The second-order valence-electron chi connectivity index (χ2n) is 6.59. The van der Waals surface area contributed by atoms with Gasteiger partial charge in [-0.15, -0.1) is 13.2 Å². The topological polar surface area (TPSA) is 84.5 Å². The Balaban J connectivity index is 2.33. The van der Waals surface area contributed by atoms with Gasteiger partial charge in [0, 0.05) is 18.7 Å². The molecule has 0 fully saturated rings. The molecule has 0 bridgehead atoms. The number of unbranched alkanes of at least 4 members (excludes halogenated alkanes) is 1. The van der Waals surface area contributed by atoms with Gasteiger partial charge in [0.25, 0.3) is 0 Å². The Morgan fingerprint density at radius 3 is 2.15 bits per heavy atom. The summed E-state index contributed by atoms with van der Waals surface area (Å²) in [4.78, 5) is 11.8. The predicted octanol–water partition coefficient (Wildman–Crippen LogP) is 3.41. The number of carbonyl (C=O) groups is 1. The van der Waals surface area contributed by atoms with Gasteiger partial charge in [0.15, 0.2) is 0 Å². The van der Waals surface area contributed by atoms with Crippen molar-refractivity contribution in [1.82, 2.24) is 4.72 Å². The van der Waals surface area contributed by atoms with Crippen LogP contribution in [0.25, 0.3) is 0 Å². The molecule has 0 aliphatic heterocycles. The third kappa shape index (κ3) is 8.05. The quantitative estimate of drug-likeness (QED) is 0.660. The minimum Gasteiger partial charge on any atom is -0.406 e. The lowest BCUT2D eigenvalue weighted by molar-refractivity contribution is -0.274. The molecule has 0 unspecified atom stereocenters. The van der Waals surface area contributed by atoms with Gasteiger partial charge < -0.3 is 10.1 Å². The molecular formula is C16H23F3N2O4S. The van der Waals surface area contributed by atoms with E-state index in [1.165, 1.54) is 12.1 Å². The number of alkyl halides is 3. The number of ether oxygens (including phenoxy) is 1. The Labute approximate surface area is 151 Å². The molecule has 0 atom stereocenters. The summed E-state index contributed by atoms with van der Waals surface area (Å²) in [5, 5.41) is 2.55. The minimum absolute atomic E-state index is 0.165. The number of halogens is 3. The summed E-state index contributed by atoms with van der Waals surface area (Å²) in [6, 6.07) is 4.81. The number of hydrogen-bond acceptors (Lipinski definition) is 4. The van der Waals surface area contributed by atoms with Crippen molar-refractivity contribution in [2.24, 2.45) is 0 Å². The lowest BCUT2D eigenvalue weighted by Gasteiger charge is -2.19. The average molecular weight is 396 g/mol. The molecule has 0 saturated carbocycles. The Morgan fingerprint density at radius 1 is 1.08 bits per heavy atom. The lowest BCUT2D eigenvalue weighted by Crippen LogP contribution is -2.39. The van der Waals surface area contributed by atoms with E-state index in [-0.39, 0.29) is 24.6 Å². The highest BCUT2D eigenvalue weighted by molar-refractivity contribution is 7.90. The molecule has 0 aliphatic carbocycles. The molecule has 1 amide bonds. The number of sulfonamides is 1. The van der Waals surface area contributed by atoms with Crippen LogP contribution in [0, 0.1) is 0 Å². The van der Waals surface area contributed by atoms with Crippen LogP contribution in [0.3, 0.4) is 0 Å². The van der Waals surface area contributed by atoms with E-state index in [0.29, 0.717) is 18.5 Å². The van der Waals surface area contributed by atoms with Crippen molar-refractivity contribution in [3.05, 3.63) is 24.3 Å². The first-order valence-corrected chi connectivity index (χ1v) is 9.43. The molecule has 0 spiro atoms. The highest BCUT2D eigenvalue weighted by atomic mass is 32.2. The van der Waals surface area contributed by atoms with Crippen molar-refractivity contribution in [1.29, 1.82) is 0 Å². The smallest absolute Gasteiger partial charge is 0.406 e. The number of benzene rings is 1. The Morgan fingerprint density at radius 2 is 1.65 bits per heavy atom. The number of amides is 1. The molecule has 0 aliphatic rings. The predicted molar refractivity (Wildman–Crippen MR) is 92.3 cm³/mol. The van der Waals surface area contributed by atoms with E-state index >= 15 is 0 Å². The van der Waals surface area contributed by atoms with Crippen LogP contribution >= 0.6 is 0 Å². The summed E-state index contributed by atoms with van der Waals surface area (Å²) in [7, 11) is -3.41. The average Bonchev–Trinajstić information content (AvgIpc) is 2.46. The van der Waals surface area contributed by atoms with Crippen LogP contribution in [0.2, 0.25) is 0 Å². The second kappa shape index (κ2) is 8.72. The Kier molecular flexibility index (Phi) is 7.45. The minimum atomic E-state index is -4.76. The van der Waals surface area contributed by atoms with Gasteiger partial charge in [-0.2, -0.15) is 0 Å². The number of rotatable bonds is 8. The third-order valence-corrected chi connectivity index (χ3v) is 5.50. The highest BCUT2D eigenvalue weighted by Crippen LogP contribution is 2.24. The van der Waals surface area contributed by atoms with E-state index in [2.05, 4.69) is 14.8 Å². The largest absolute Gasteiger partial charge is 0.573 e. The standard InChI is InChI=1S/C16H23F3N2O4S/c1-15(2,3)26(23,24)20-11-5-4-6-14(22)21-12-7-9-13(10-8-12)25-16(17,18)19/h7-10,20H,4-6,11H2,1-3H3,(H,21,22). The number of anilines is 1. The molecule has 6 nitrogen and oxygen atoms in total. The van der Waals surface area contributed by atoms with Crippen LogP contribution in [-0.4, -0.2) is 32.0 Å².